The van der Waals surface area contributed by atoms with Crippen LogP contribution in [-0.2, 0) is 4.74 Å². The Morgan fingerprint density at radius 1 is 1.33 bits per heavy atom. The highest BCUT2D eigenvalue weighted by molar-refractivity contribution is 5.83. The van der Waals surface area contributed by atoms with E-state index < -0.39 is 6.09 Å². The predicted octanol–water partition coefficient (Wildman–Crippen LogP) is 3.17. The minimum atomic E-state index is -0.550. The van der Waals surface area contributed by atoms with E-state index in [4.69, 9.17) is 4.74 Å². The summed E-state index contributed by atoms with van der Waals surface area (Å²) in [7, 11) is 0. The number of aromatic nitrogens is 1. The van der Waals surface area contributed by atoms with Crippen LogP contribution in [0.5, 0.6) is 0 Å². The van der Waals surface area contributed by atoms with Gasteiger partial charge in [0, 0.05) is 22.6 Å². The van der Waals surface area contributed by atoms with E-state index in [0.717, 1.165) is 22.6 Å². The van der Waals surface area contributed by atoms with Crippen molar-refractivity contribution in [3.05, 3.63) is 53.3 Å². The second kappa shape index (κ2) is 6.74. The van der Waals surface area contributed by atoms with Crippen molar-refractivity contribution < 1.29 is 9.53 Å². The Hall–Kier alpha value is -2.56. The van der Waals surface area contributed by atoms with E-state index in [1.807, 2.05) is 38.1 Å². The van der Waals surface area contributed by atoms with Crippen molar-refractivity contribution >= 4 is 12.3 Å². The average Bonchev–Trinajstić information content (AvgIpc) is 2.75. The summed E-state index contributed by atoms with van der Waals surface area (Å²) in [6.07, 6.45) is 1.07. The molecule has 1 amide bonds. The molecule has 0 saturated carbocycles. The summed E-state index contributed by atoms with van der Waals surface area (Å²) in [4.78, 5) is 11.2. The molecule has 0 spiro atoms. The van der Waals surface area contributed by atoms with E-state index in [-0.39, 0.29) is 0 Å². The second-order valence-corrected chi connectivity index (χ2v) is 4.59. The molecule has 5 nitrogen and oxygen atoms in total. The summed E-state index contributed by atoms with van der Waals surface area (Å²) in [5.74, 6) is 0. The number of nitrogens with zero attached hydrogens (tertiary/aromatic N) is 2. The molecule has 110 valence electrons. The van der Waals surface area contributed by atoms with Crippen LogP contribution in [0.15, 0.2) is 41.5 Å². The first kappa shape index (κ1) is 14.8. The first-order valence-electron chi connectivity index (χ1n) is 6.83. The predicted molar refractivity (Wildman–Crippen MR) is 83.0 cm³/mol. The molecule has 5 heteroatoms. The Labute approximate surface area is 124 Å². The third-order valence-corrected chi connectivity index (χ3v) is 3.12. The van der Waals surface area contributed by atoms with E-state index in [1.54, 1.807) is 13.1 Å². The van der Waals surface area contributed by atoms with Gasteiger partial charge in [-0.05, 0) is 39.0 Å². The molecule has 0 aliphatic heterocycles. The van der Waals surface area contributed by atoms with Crippen molar-refractivity contribution in [3.63, 3.8) is 0 Å². The molecule has 0 fully saturated rings. The lowest BCUT2D eigenvalue weighted by Crippen LogP contribution is -2.18. The first-order chi connectivity index (χ1) is 10.1. The molecule has 0 atom stereocenters. The fraction of sp³-hybridized carbons (Fsp3) is 0.250. The number of amides is 1. The van der Waals surface area contributed by atoms with Crippen LogP contribution < -0.4 is 5.43 Å². The van der Waals surface area contributed by atoms with E-state index >= 15 is 0 Å². The van der Waals surface area contributed by atoms with Crippen LogP contribution in [0.4, 0.5) is 4.79 Å². The van der Waals surface area contributed by atoms with Crippen molar-refractivity contribution in [3.8, 4) is 5.69 Å². The quantitative estimate of drug-likeness (QED) is 0.693. The largest absolute Gasteiger partial charge is 0.449 e. The Morgan fingerprint density at radius 2 is 2.05 bits per heavy atom. The van der Waals surface area contributed by atoms with Gasteiger partial charge in [-0.2, -0.15) is 5.10 Å². The van der Waals surface area contributed by atoms with Crippen LogP contribution in [0.25, 0.3) is 5.69 Å². The standard InChI is InChI=1S/C16H19N3O2/c1-4-21-16(20)18-17-11-14-10-12(2)19(13(14)3)15-8-6-5-7-9-15/h5-11H,4H2,1-3H3,(H,18,20). The first-order valence-corrected chi connectivity index (χ1v) is 6.83. The molecule has 1 N–H and O–H groups in total. The summed E-state index contributed by atoms with van der Waals surface area (Å²) >= 11 is 0. The van der Waals surface area contributed by atoms with Crippen molar-refractivity contribution in [1.29, 1.82) is 0 Å². The van der Waals surface area contributed by atoms with Crippen molar-refractivity contribution in [2.75, 3.05) is 6.61 Å². The summed E-state index contributed by atoms with van der Waals surface area (Å²) < 4.78 is 6.88. The number of carbonyl (C=O) groups is 1. The van der Waals surface area contributed by atoms with E-state index in [9.17, 15) is 4.79 Å². The van der Waals surface area contributed by atoms with Crippen LogP contribution >= 0.6 is 0 Å². The lowest BCUT2D eigenvalue weighted by Gasteiger charge is -2.08. The highest BCUT2D eigenvalue weighted by atomic mass is 16.5. The van der Waals surface area contributed by atoms with Crippen molar-refractivity contribution in [2.24, 2.45) is 5.10 Å². The molecule has 1 heterocycles. The third-order valence-electron chi connectivity index (χ3n) is 3.12. The zero-order valence-electron chi connectivity index (χ0n) is 12.5. The highest BCUT2D eigenvalue weighted by Gasteiger charge is 2.09. The van der Waals surface area contributed by atoms with Crippen molar-refractivity contribution in [1.82, 2.24) is 9.99 Å². The topological polar surface area (TPSA) is 55.6 Å². The van der Waals surface area contributed by atoms with Gasteiger partial charge in [-0.15, -0.1) is 0 Å². The number of rotatable bonds is 4. The number of benzene rings is 1. The van der Waals surface area contributed by atoms with Gasteiger partial charge in [0.05, 0.1) is 12.8 Å². The zero-order valence-corrected chi connectivity index (χ0v) is 12.5. The van der Waals surface area contributed by atoms with Gasteiger partial charge >= 0.3 is 6.09 Å². The average molecular weight is 285 g/mol. The number of para-hydroxylation sites is 1. The monoisotopic (exact) mass is 285 g/mol. The summed E-state index contributed by atoms with van der Waals surface area (Å²) in [6, 6.07) is 12.1. The maximum absolute atomic E-state index is 11.2. The number of hydrazone groups is 1. The van der Waals surface area contributed by atoms with Gasteiger partial charge in [-0.1, -0.05) is 18.2 Å². The van der Waals surface area contributed by atoms with Crippen LogP contribution in [0, 0.1) is 13.8 Å². The second-order valence-electron chi connectivity index (χ2n) is 4.59. The smallest absolute Gasteiger partial charge is 0.427 e. The van der Waals surface area contributed by atoms with Crippen LogP contribution in [-0.4, -0.2) is 23.5 Å². The molecule has 1 aromatic carbocycles. The van der Waals surface area contributed by atoms with Gasteiger partial charge in [0.2, 0.25) is 0 Å². The fourth-order valence-electron chi connectivity index (χ4n) is 2.21. The maximum Gasteiger partial charge on any atom is 0.427 e. The van der Waals surface area contributed by atoms with Gasteiger partial charge in [0.15, 0.2) is 0 Å². The molecule has 0 aliphatic carbocycles. The zero-order chi connectivity index (χ0) is 15.2. The highest BCUT2D eigenvalue weighted by Crippen LogP contribution is 2.19. The van der Waals surface area contributed by atoms with E-state index in [0.29, 0.717) is 6.61 Å². The van der Waals surface area contributed by atoms with Gasteiger partial charge in [-0.3, -0.25) is 0 Å². The maximum atomic E-state index is 11.2. The number of nitrogens with one attached hydrogen (secondary N) is 1. The number of ether oxygens (including phenoxy) is 1. The molecule has 21 heavy (non-hydrogen) atoms. The molecule has 2 aromatic rings. The van der Waals surface area contributed by atoms with Gasteiger partial charge < -0.3 is 9.30 Å². The van der Waals surface area contributed by atoms with Crippen molar-refractivity contribution in [2.45, 2.75) is 20.8 Å². The molecule has 1 aromatic heterocycles. The number of carbonyl (C=O) groups excluding carboxylic acids is 1. The third kappa shape index (κ3) is 3.51. The molecular formula is C16H19N3O2. The minimum absolute atomic E-state index is 0.323. The molecule has 0 unspecified atom stereocenters. The van der Waals surface area contributed by atoms with Gasteiger partial charge in [0.1, 0.15) is 0 Å². The van der Waals surface area contributed by atoms with Gasteiger partial charge in [0.25, 0.3) is 0 Å². The molecule has 0 aliphatic rings. The summed E-state index contributed by atoms with van der Waals surface area (Å²) in [6.45, 7) is 6.13. The Kier molecular flexibility index (Phi) is 4.77. The summed E-state index contributed by atoms with van der Waals surface area (Å²) in [5.41, 5.74) is 6.55. The fourth-order valence-corrected chi connectivity index (χ4v) is 2.21. The number of hydrogen-bond donors (Lipinski definition) is 1. The number of hydrogen-bond acceptors (Lipinski definition) is 3. The molecular weight excluding hydrogens is 266 g/mol. The lowest BCUT2D eigenvalue weighted by molar-refractivity contribution is 0.152. The molecule has 0 bridgehead atoms. The summed E-state index contributed by atoms with van der Waals surface area (Å²) in [5, 5.41) is 3.91. The van der Waals surface area contributed by atoms with Crippen LogP contribution in [0.1, 0.15) is 23.9 Å². The molecule has 2 rings (SSSR count). The Balaban J connectivity index is 2.20. The SMILES string of the molecule is CCOC(=O)NN=Cc1cc(C)n(-c2ccccc2)c1C. The van der Waals surface area contributed by atoms with Crippen LogP contribution in [0.3, 0.4) is 0 Å². The van der Waals surface area contributed by atoms with E-state index in [2.05, 4.69) is 27.2 Å². The van der Waals surface area contributed by atoms with Crippen LogP contribution in [0.2, 0.25) is 0 Å². The Bertz CT molecular complexity index is 645. The number of aryl methyl sites for hydroxylation is 1. The molecule has 0 saturated heterocycles. The molecule has 0 radical (unpaired) electrons. The van der Waals surface area contributed by atoms with E-state index in [1.165, 1.54) is 0 Å². The normalized spacial score (nSPS) is 10.8. The Morgan fingerprint density at radius 3 is 2.71 bits per heavy atom. The lowest BCUT2D eigenvalue weighted by atomic mass is 10.2. The van der Waals surface area contributed by atoms with Gasteiger partial charge in [-0.25, -0.2) is 10.2 Å². The minimum Gasteiger partial charge on any atom is -0.449 e.